The maximum Gasteiger partial charge on any atom is 0.226 e. The summed E-state index contributed by atoms with van der Waals surface area (Å²) in [5.41, 5.74) is 1.75. The van der Waals surface area contributed by atoms with E-state index >= 15 is 0 Å². The van der Waals surface area contributed by atoms with E-state index in [1.165, 1.54) is 11.3 Å². The van der Waals surface area contributed by atoms with Gasteiger partial charge in [-0.15, -0.1) is 11.3 Å². The summed E-state index contributed by atoms with van der Waals surface area (Å²) in [5.74, 6) is -0.103. The molecule has 0 spiro atoms. The van der Waals surface area contributed by atoms with Gasteiger partial charge in [0.05, 0.1) is 5.69 Å². The van der Waals surface area contributed by atoms with Crippen molar-refractivity contribution < 1.29 is 9.59 Å². The number of hydrogen-bond donors (Lipinski definition) is 1. The summed E-state index contributed by atoms with van der Waals surface area (Å²) in [6.07, 6.45) is 1.18. The lowest BCUT2D eigenvalue weighted by Crippen LogP contribution is -2.26. The molecule has 1 N–H and O–H groups in total. The first-order valence-corrected chi connectivity index (χ1v) is 7.98. The van der Waals surface area contributed by atoms with E-state index < -0.39 is 0 Å². The Balaban J connectivity index is 1.73. The van der Waals surface area contributed by atoms with Crippen molar-refractivity contribution >= 4 is 34.0 Å². The van der Waals surface area contributed by atoms with Crippen LogP contribution in [0.3, 0.4) is 0 Å². The minimum atomic E-state index is -0.107. The molecule has 116 valence electrons. The zero-order valence-electron chi connectivity index (χ0n) is 12.7. The highest BCUT2D eigenvalue weighted by atomic mass is 32.1. The second-order valence-corrected chi connectivity index (χ2v) is 5.84. The molecule has 0 bridgehead atoms. The molecule has 1 aromatic carbocycles. The highest BCUT2D eigenvalue weighted by Gasteiger charge is 2.12. The third-order valence-electron chi connectivity index (χ3n) is 3.18. The number of nitrogens with zero attached hydrogens (tertiary/aromatic N) is 2. The number of aryl methyl sites for hydroxylation is 1. The van der Waals surface area contributed by atoms with E-state index in [4.69, 9.17) is 0 Å². The van der Waals surface area contributed by atoms with Crippen molar-refractivity contribution in [2.45, 2.75) is 26.2 Å². The molecule has 0 unspecified atom stereocenters. The van der Waals surface area contributed by atoms with E-state index in [9.17, 15) is 9.59 Å². The van der Waals surface area contributed by atoms with Gasteiger partial charge in [0, 0.05) is 31.0 Å². The first-order chi connectivity index (χ1) is 10.6. The molecule has 0 radical (unpaired) electrons. The Kier molecular flexibility index (Phi) is 5.66. The number of para-hydroxylation sites is 1. The SMILES string of the molecule is Cc1csc(NC(=O)CCCC(=O)N(C)c2ccccc2)n1. The van der Waals surface area contributed by atoms with Crippen molar-refractivity contribution in [2.75, 3.05) is 17.3 Å². The Morgan fingerprint density at radius 3 is 2.59 bits per heavy atom. The molecule has 1 aromatic heterocycles. The quantitative estimate of drug-likeness (QED) is 0.890. The number of nitrogens with one attached hydrogen (secondary N) is 1. The molecule has 5 nitrogen and oxygen atoms in total. The number of rotatable bonds is 6. The van der Waals surface area contributed by atoms with Gasteiger partial charge in [0.1, 0.15) is 0 Å². The number of carbonyl (C=O) groups is 2. The summed E-state index contributed by atoms with van der Waals surface area (Å²) in [7, 11) is 1.75. The highest BCUT2D eigenvalue weighted by Crippen LogP contribution is 2.16. The summed E-state index contributed by atoms with van der Waals surface area (Å²) in [4.78, 5) is 29.6. The van der Waals surface area contributed by atoms with Crippen molar-refractivity contribution in [3.63, 3.8) is 0 Å². The Bertz CT molecular complexity index is 640. The Hall–Kier alpha value is -2.21. The minimum absolute atomic E-state index is 0.00379. The molecule has 0 fully saturated rings. The van der Waals surface area contributed by atoms with Gasteiger partial charge in [-0.05, 0) is 25.5 Å². The Labute approximate surface area is 134 Å². The number of amides is 2. The maximum atomic E-state index is 12.1. The zero-order valence-corrected chi connectivity index (χ0v) is 13.5. The van der Waals surface area contributed by atoms with Gasteiger partial charge in [0.15, 0.2) is 5.13 Å². The van der Waals surface area contributed by atoms with E-state index in [1.54, 1.807) is 11.9 Å². The normalized spacial score (nSPS) is 10.3. The number of hydrogen-bond acceptors (Lipinski definition) is 4. The third kappa shape index (κ3) is 4.66. The van der Waals surface area contributed by atoms with Crippen LogP contribution in [0.1, 0.15) is 25.0 Å². The van der Waals surface area contributed by atoms with E-state index in [2.05, 4.69) is 10.3 Å². The predicted octanol–water partition coefficient (Wildman–Crippen LogP) is 3.22. The van der Waals surface area contributed by atoms with Crippen molar-refractivity contribution in [3.05, 3.63) is 41.4 Å². The summed E-state index contributed by atoms with van der Waals surface area (Å²) >= 11 is 1.40. The monoisotopic (exact) mass is 317 g/mol. The smallest absolute Gasteiger partial charge is 0.226 e. The van der Waals surface area contributed by atoms with Crippen LogP contribution >= 0.6 is 11.3 Å². The topological polar surface area (TPSA) is 62.3 Å². The fraction of sp³-hybridized carbons (Fsp3) is 0.312. The van der Waals surface area contributed by atoms with Gasteiger partial charge < -0.3 is 10.2 Å². The van der Waals surface area contributed by atoms with Gasteiger partial charge in [-0.25, -0.2) is 4.98 Å². The van der Waals surface area contributed by atoms with Crippen LogP contribution in [0.25, 0.3) is 0 Å². The molecule has 0 saturated carbocycles. The van der Waals surface area contributed by atoms with Crippen LogP contribution in [0, 0.1) is 6.92 Å². The van der Waals surface area contributed by atoms with Gasteiger partial charge in [0.2, 0.25) is 11.8 Å². The summed E-state index contributed by atoms with van der Waals surface area (Å²) in [6, 6.07) is 9.46. The zero-order chi connectivity index (χ0) is 15.9. The van der Waals surface area contributed by atoms with Crippen molar-refractivity contribution in [3.8, 4) is 0 Å². The molecular weight excluding hydrogens is 298 g/mol. The fourth-order valence-electron chi connectivity index (χ4n) is 1.96. The molecule has 0 aliphatic rings. The maximum absolute atomic E-state index is 12.1. The second kappa shape index (κ2) is 7.70. The number of anilines is 2. The average molecular weight is 317 g/mol. The lowest BCUT2D eigenvalue weighted by atomic mass is 10.2. The lowest BCUT2D eigenvalue weighted by Gasteiger charge is -2.17. The van der Waals surface area contributed by atoms with Crippen LogP contribution < -0.4 is 10.2 Å². The molecule has 6 heteroatoms. The number of carbonyl (C=O) groups excluding carboxylic acids is 2. The summed E-state index contributed by atoms with van der Waals surface area (Å²) in [6.45, 7) is 1.88. The molecule has 0 aliphatic heterocycles. The van der Waals surface area contributed by atoms with E-state index in [0.29, 0.717) is 24.4 Å². The molecule has 0 atom stereocenters. The fourth-order valence-corrected chi connectivity index (χ4v) is 2.66. The van der Waals surface area contributed by atoms with E-state index in [-0.39, 0.29) is 11.8 Å². The van der Waals surface area contributed by atoms with Crippen LogP contribution in [0.5, 0.6) is 0 Å². The van der Waals surface area contributed by atoms with Crippen LogP contribution in [-0.4, -0.2) is 23.8 Å². The van der Waals surface area contributed by atoms with Crippen LogP contribution in [0.2, 0.25) is 0 Å². The second-order valence-electron chi connectivity index (χ2n) is 4.98. The first kappa shape index (κ1) is 16.2. The van der Waals surface area contributed by atoms with Crippen molar-refractivity contribution in [2.24, 2.45) is 0 Å². The Morgan fingerprint density at radius 1 is 1.23 bits per heavy atom. The van der Waals surface area contributed by atoms with E-state index in [1.807, 2.05) is 42.6 Å². The van der Waals surface area contributed by atoms with Gasteiger partial charge in [0.25, 0.3) is 0 Å². The standard InChI is InChI=1S/C16H19N3O2S/c1-12-11-22-16(17-12)18-14(20)9-6-10-15(21)19(2)13-7-4-3-5-8-13/h3-5,7-8,11H,6,9-10H2,1-2H3,(H,17,18,20). The third-order valence-corrected chi connectivity index (χ3v) is 4.05. The number of benzene rings is 1. The summed E-state index contributed by atoms with van der Waals surface area (Å²) in [5, 5.41) is 5.23. The predicted molar refractivity (Wildman–Crippen MR) is 89.2 cm³/mol. The van der Waals surface area contributed by atoms with Crippen molar-refractivity contribution in [1.29, 1.82) is 0 Å². The van der Waals surface area contributed by atoms with Crippen molar-refractivity contribution in [1.82, 2.24) is 4.98 Å². The van der Waals surface area contributed by atoms with Crippen LogP contribution in [0.4, 0.5) is 10.8 Å². The molecule has 1 heterocycles. The molecule has 22 heavy (non-hydrogen) atoms. The molecule has 0 aliphatic carbocycles. The number of thiazole rings is 1. The lowest BCUT2D eigenvalue weighted by molar-refractivity contribution is -0.118. The molecule has 2 aromatic rings. The number of aromatic nitrogens is 1. The van der Waals surface area contributed by atoms with E-state index in [0.717, 1.165) is 11.4 Å². The largest absolute Gasteiger partial charge is 0.316 e. The van der Waals surface area contributed by atoms with Gasteiger partial charge in [-0.2, -0.15) is 0 Å². The van der Waals surface area contributed by atoms with Crippen LogP contribution in [0.15, 0.2) is 35.7 Å². The molecule has 2 rings (SSSR count). The summed E-state index contributed by atoms with van der Waals surface area (Å²) < 4.78 is 0. The average Bonchev–Trinajstić information content (AvgIpc) is 2.92. The highest BCUT2D eigenvalue weighted by molar-refractivity contribution is 7.13. The van der Waals surface area contributed by atoms with Crippen LogP contribution in [-0.2, 0) is 9.59 Å². The molecule has 2 amide bonds. The Morgan fingerprint density at radius 2 is 1.95 bits per heavy atom. The first-order valence-electron chi connectivity index (χ1n) is 7.10. The van der Waals surface area contributed by atoms with Gasteiger partial charge >= 0.3 is 0 Å². The van der Waals surface area contributed by atoms with Gasteiger partial charge in [-0.1, -0.05) is 18.2 Å². The molecular formula is C16H19N3O2S. The minimum Gasteiger partial charge on any atom is -0.316 e. The van der Waals surface area contributed by atoms with Gasteiger partial charge in [-0.3, -0.25) is 9.59 Å². The molecule has 0 saturated heterocycles.